The highest BCUT2D eigenvalue weighted by atomic mass is 32.1. The number of thiophene rings is 1. The summed E-state index contributed by atoms with van der Waals surface area (Å²) in [6, 6.07) is 17.0. The molecule has 0 spiro atoms. The van der Waals surface area contributed by atoms with Crippen LogP contribution in [-0.4, -0.2) is 30.2 Å². The third-order valence-electron chi connectivity index (χ3n) is 4.98. The number of pyridine rings is 1. The van der Waals surface area contributed by atoms with Gasteiger partial charge in [0.15, 0.2) is 0 Å². The molecule has 0 fully saturated rings. The van der Waals surface area contributed by atoms with Gasteiger partial charge in [0.05, 0.1) is 17.1 Å². The Bertz CT molecular complexity index is 1350. The van der Waals surface area contributed by atoms with Gasteiger partial charge in [0.25, 0.3) is 11.8 Å². The first kappa shape index (κ1) is 20.9. The van der Waals surface area contributed by atoms with Crippen molar-refractivity contribution in [3.8, 4) is 22.0 Å². The lowest BCUT2D eigenvalue weighted by molar-refractivity contribution is 0.116. The number of nitrogens with two attached hydrogens (primary N) is 1. The molecule has 0 saturated carbocycles. The van der Waals surface area contributed by atoms with E-state index < -0.39 is 12.3 Å². The van der Waals surface area contributed by atoms with Crippen LogP contribution in [0.1, 0.15) is 28.8 Å². The summed E-state index contributed by atoms with van der Waals surface area (Å²) in [7, 11) is 0. The van der Waals surface area contributed by atoms with Crippen LogP contribution in [0, 0.1) is 0 Å². The van der Waals surface area contributed by atoms with Gasteiger partial charge in [-0.1, -0.05) is 35.5 Å². The van der Waals surface area contributed by atoms with E-state index in [2.05, 4.69) is 25.5 Å². The van der Waals surface area contributed by atoms with Gasteiger partial charge in [0.2, 0.25) is 0 Å². The number of benzene rings is 1. The second-order valence-electron chi connectivity index (χ2n) is 7.21. The Labute approximate surface area is 190 Å². The van der Waals surface area contributed by atoms with Gasteiger partial charge in [-0.05, 0) is 36.2 Å². The number of aromatic nitrogens is 6. The summed E-state index contributed by atoms with van der Waals surface area (Å²) in [4.78, 5) is 5.66. The maximum atomic E-state index is 12.8. The van der Waals surface area contributed by atoms with Crippen LogP contribution in [0.15, 0.2) is 71.4 Å². The van der Waals surface area contributed by atoms with Crippen LogP contribution in [0.5, 0.6) is 0 Å². The standard InChI is InChI=1S/C22H17F2N7OS/c23-20(24)22-29-28-21(32-22)18-8-7-17(33-18)16(10-13-4-2-1-3-5-13)31-12-15(27-30-31)14-6-9-19(25)26-11-14/h1-9,11-12,16,20H,10H2,(H2,25,26)/t16-/m1/s1. The summed E-state index contributed by atoms with van der Waals surface area (Å²) in [5.74, 6) is -0.207. The van der Waals surface area contributed by atoms with Crippen molar-refractivity contribution < 1.29 is 13.2 Å². The molecule has 4 aromatic heterocycles. The first-order chi connectivity index (χ1) is 16.1. The van der Waals surface area contributed by atoms with Crippen LogP contribution >= 0.6 is 11.3 Å². The molecule has 0 aliphatic heterocycles. The van der Waals surface area contributed by atoms with Crippen molar-refractivity contribution in [2.75, 3.05) is 5.73 Å². The third-order valence-corrected chi connectivity index (χ3v) is 6.15. The van der Waals surface area contributed by atoms with Crippen molar-refractivity contribution >= 4 is 17.2 Å². The van der Waals surface area contributed by atoms with E-state index in [9.17, 15) is 8.78 Å². The van der Waals surface area contributed by atoms with E-state index in [1.807, 2.05) is 48.7 Å². The maximum absolute atomic E-state index is 12.8. The molecule has 166 valence electrons. The zero-order valence-corrected chi connectivity index (χ0v) is 17.9. The molecule has 5 aromatic rings. The normalized spacial score (nSPS) is 12.3. The lowest BCUT2D eigenvalue weighted by Crippen LogP contribution is -2.13. The Hall–Kier alpha value is -3.99. The fourth-order valence-electron chi connectivity index (χ4n) is 3.35. The molecule has 1 atom stereocenters. The van der Waals surface area contributed by atoms with Crippen molar-refractivity contribution in [1.82, 2.24) is 30.2 Å². The molecule has 0 saturated heterocycles. The highest BCUT2D eigenvalue weighted by molar-refractivity contribution is 7.15. The van der Waals surface area contributed by atoms with Crippen LogP contribution in [0.25, 0.3) is 22.0 Å². The fourth-order valence-corrected chi connectivity index (χ4v) is 4.37. The molecule has 8 nitrogen and oxygen atoms in total. The van der Waals surface area contributed by atoms with E-state index in [0.29, 0.717) is 22.8 Å². The molecular weight excluding hydrogens is 448 g/mol. The second kappa shape index (κ2) is 8.87. The van der Waals surface area contributed by atoms with Gasteiger partial charge < -0.3 is 10.2 Å². The Morgan fingerprint density at radius 3 is 2.58 bits per heavy atom. The molecule has 0 radical (unpaired) electrons. The number of anilines is 1. The molecule has 11 heteroatoms. The van der Waals surface area contributed by atoms with Crippen LogP contribution in [0.4, 0.5) is 14.6 Å². The van der Waals surface area contributed by atoms with Gasteiger partial charge in [0, 0.05) is 16.6 Å². The van der Waals surface area contributed by atoms with Gasteiger partial charge in [-0.3, -0.25) is 0 Å². The number of rotatable bonds is 7. The minimum atomic E-state index is -2.81. The van der Waals surface area contributed by atoms with E-state index in [1.54, 1.807) is 23.0 Å². The van der Waals surface area contributed by atoms with Crippen LogP contribution < -0.4 is 5.73 Å². The van der Waals surface area contributed by atoms with Crippen LogP contribution in [-0.2, 0) is 6.42 Å². The summed E-state index contributed by atoms with van der Waals surface area (Å²) >= 11 is 1.38. The molecule has 4 heterocycles. The summed E-state index contributed by atoms with van der Waals surface area (Å²) in [5, 5.41) is 15.8. The first-order valence-corrected chi connectivity index (χ1v) is 10.8. The van der Waals surface area contributed by atoms with Crippen LogP contribution in [0.3, 0.4) is 0 Å². The Morgan fingerprint density at radius 2 is 1.85 bits per heavy atom. The average molecular weight is 465 g/mol. The summed E-state index contributed by atoms with van der Waals surface area (Å²) in [5.41, 5.74) is 8.25. The van der Waals surface area contributed by atoms with Gasteiger partial charge in [-0.15, -0.1) is 26.6 Å². The largest absolute Gasteiger partial charge is 0.414 e. The highest BCUT2D eigenvalue weighted by Crippen LogP contribution is 2.35. The predicted molar refractivity (Wildman–Crippen MR) is 119 cm³/mol. The zero-order valence-electron chi connectivity index (χ0n) is 17.0. The fraction of sp³-hybridized carbons (Fsp3) is 0.136. The van der Waals surface area contributed by atoms with Crippen LogP contribution in [0.2, 0.25) is 0 Å². The van der Waals surface area contributed by atoms with E-state index in [0.717, 1.165) is 16.0 Å². The van der Waals surface area contributed by atoms with E-state index in [4.69, 9.17) is 10.2 Å². The molecule has 5 rings (SSSR count). The molecule has 0 aliphatic rings. The highest BCUT2D eigenvalue weighted by Gasteiger charge is 2.22. The van der Waals surface area contributed by atoms with Crippen molar-refractivity contribution in [2.45, 2.75) is 18.9 Å². The topological polar surface area (TPSA) is 109 Å². The molecule has 33 heavy (non-hydrogen) atoms. The predicted octanol–water partition coefficient (Wildman–Crippen LogP) is 4.80. The summed E-state index contributed by atoms with van der Waals surface area (Å²) in [6.45, 7) is 0. The number of halogens is 2. The minimum Gasteiger partial charge on any atom is -0.414 e. The van der Waals surface area contributed by atoms with Gasteiger partial charge in [0.1, 0.15) is 11.5 Å². The lowest BCUT2D eigenvalue weighted by atomic mass is 10.0. The smallest absolute Gasteiger partial charge is 0.314 e. The van der Waals surface area contributed by atoms with Crippen molar-refractivity contribution in [3.05, 3.63) is 83.3 Å². The Balaban J connectivity index is 1.49. The SMILES string of the molecule is Nc1ccc(-c2cn([C@H](Cc3ccccc3)c3ccc(-c4nnc(C(F)F)o4)s3)nn2)cn1. The molecule has 2 N–H and O–H groups in total. The molecule has 0 unspecified atom stereocenters. The third kappa shape index (κ3) is 4.48. The lowest BCUT2D eigenvalue weighted by Gasteiger charge is -2.15. The maximum Gasteiger partial charge on any atom is 0.314 e. The van der Waals surface area contributed by atoms with Gasteiger partial charge in [-0.2, -0.15) is 8.78 Å². The molecule has 0 amide bonds. The van der Waals surface area contributed by atoms with E-state index >= 15 is 0 Å². The number of nitrogen functional groups attached to an aromatic ring is 1. The molecule has 1 aromatic carbocycles. The first-order valence-electron chi connectivity index (χ1n) is 9.96. The van der Waals surface area contributed by atoms with Crippen molar-refractivity contribution in [3.63, 3.8) is 0 Å². The Morgan fingerprint density at radius 1 is 1.00 bits per heavy atom. The molecular formula is C22H17F2N7OS. The number of nitrogens with zero attached hydrogens (tertiary/aromatic N) is 6. The second-order valence-corrected chi connectivity index (χ2v) is 8.32. The van der Waals surface area contributed by atoms with E-state index in [1.165, 1.54) is 11.3 Å². The summed E-state index contributed by atoms with van der Waals surface area (Å²) < 4.78 is 32.6. The summed E-state index contributed by atoms with van der Waals surface area (Å²) in [6.07, 6.45) is 1.33. The minimum absolute atomic E-state index is 0.0623. The van der Waals surface area contributed by atoms with Crippen molar-refractivity contribution in [1.29, 1.82) is 0 Å². The average Bonchev–Trinajstić information content (AvgIpc) is 3.59. The molecule has 0 bridgehead atoms. The van der Waals surface area contributed by atoms with Gasteiger partial charge >= 0.3 is 6.43 Å². The van der Waals surface area contributed by atoms with Crippen molar-refractivity contribution in [2.24, 2.45) is 0 Å². The molecule has 0 aliphatic carbocycles. The zero-order chi connectivity index (χ0) is 22.8. The number of alkyl halides is 2. The number of hydrogen-bond acceptors (Lipinski definition) is 8. The van der Waals surface area contributed by atoms with Gasteiger partial charge in [-0.25, -0.2) is 9.67 Å². The Kier molecular flexibility index (Phi) is 5.61. The quantitative estimate of drug-likeness (QED) is 0.368. The monoisotopic (exact) mass is 465 g/mol. The van der Waals surface area contributed by atoms with E-state index in [-0.39, 0.29) is 11.9 Å². The number of hydrogen-bond donors (Lipinski definition) is 1.